The number of aromatic nitrogens is 8. The largest absolute Gasteiger partial charge is 0.490 e. The summed E-state index contributed by atoms with van der Waals surface area (Å²) in [5, 5.41) is 25.2. The Hall–Kier alpha value is -6.66. The van der Waals surface area contributed by atoms with Crippen molar-refractivity contribution in [3.63, 3.8) is 0 Å². The summed E-state index contributed by atoms with van der Waals surface area (Å²) in [6.07, 6.45) is -0.157. The molecule has 0 saturated heterocycles. The molecule has 0 aliphatic heterocycles. The first-order valence-corrected chi connectivity index (χ1v) is 19.9. The van der Waals surface area contributed by atoms with Crippen LogP contribution in [0.5, 0.6) is 0 Å². The fourth-order valence-electron chi connectivity index (χ4n) is 5.31. The van der Waals surface area contributed by atoms with Crippen molar-refractivity contribution in [3.8, 4) is 22.8 Å². The maximum atomic E-state index is 13.6. The van der Waals surface area contributed by atoms with E-state index in [0.29, 0.717) is 11.1 Å². The van der Waals surface area contributed by atoms with E-state index in [1.165, 1.54) is 55.1 Å². The molecule has 0 bridgehead atoms. The number of benzene rings is 2. The third-order valence-electron chi connectivity index (χ3n) is 7.99. The van der Waals surface area contributed by atoms with Crippen LogP contribution in [0.15, 0.2) is 90.5 Å². The average molecular weight is 994 g/mol. The first-order valence-electron chi connectivity index (χ1n) is 19.1. The number of halogens is 9. The Morgan fingerprint density at radius 1 is 0.667 bits per heavy atom. The number of nitrogens with zero attached hydrogens (tertiary/aromatic N) is 8. The van der Waals surface area contributed by atoms with Gasteiger partial charge in [0, 0.05) is 40.7 Å². The van der Waals surface area contributed by atoms with Gasteiger partial charge in [0.15, 0.2) is 11.6 Å². The Bertz CT molecular complexity index is 2710. The Labute approximate surface area is 380 Å². The van der Waals surface area contributed by atoms with Crippen LogP contribution in [-0.2, 0) is 31.4 Å². The zero-order chi connectivity index (χ0) is 49.1. The van der Waals surface area contributed by atoms with Crippen molar-refractivity contribution in [2.45, 2.75) is 66.1 Å². The van der Waals surface area contributed by atoms with Gasteiger partial charge in [-0.15, -0.1) is 10.2 Å². The van der Waals surface area contributed by atoms with Crippen molar-refractivity contribution in [2.75, 3.05) is 0 Å². The van der Waals surface area contributed by atoms with Crippen LogP contribution < -0.4 is 5.46 Å². The number of hydrogen-bond acceptors (Lipinski definition) is 12. The molecule has 0 radical (unpaired) electrons. The fourth-order valence-corrected chi connectivity index (χ4v) is 5.62. The summed E-state index contributed by atoms with van der Waals surface area (Å²) < 4.78 is 117. The van der Waals surface area contributed by atoms with Gasteiger partial charge in [0.1, 0.15) is 28.8 Å². The Morgan fingerprint density at radius 3 is 1.55 bits per heavy atom. The maximum Gasteiger partial charge on any atom is 0.490 e. The molecule has 4 heterocycles. The molecule has 0 aliphatic rings. The van der Waals surface area contributed by atoms with Gasteiger partial charge in [-0.25, -0.2) is 37.7 Å². The van der Waals surface area contributed by atoms with Gasteiger partial charge in [0.2, 0.25) is 0 Å². The zero-order valence-electron chi connectivity index (χ0n) is 35.5. The predicted molar refractivity (Wildman–Crippen MR) is 228 cm³/mol. The Kier molecular flexibility index (Phi) is 17.7. The third-order valence-corrected chi connectivity index (χ3v) is 8.52. The molecule has 4 aromatic heterocycles. The second kappa shape index (κ2) is 22.5. The van der Waals surface area contributed by atoms with E-state index >= 15 is 0 Å². The van der Waals surface area contributed by atoms with Gasteiger partial charge in [-0.05, 0) is 117 Å². The molecular weight excluding hydrogens is 955 g/mol. The Balaban J connectivity index is 0.000000242. The van der Waals surface area contributed by atoms with Crippen molar-refractivity contribution < 1.29 is 64.2 Å². The number of rotatable bonds is 10. The summed E-state index contributed by atoms with van der Waals surface area (Å²) >= 11 is 3.07. The summed E-state index contributed by atoms with van der Waals surface area (Å²) in [4.78, 5) is 39.4. The maximum absolute atomic E-state index is 13.6. The van der Waals surface area contributed by atoms with Gasteiger partial charge < -0.3 is 19.5 Å². The van der Waals surface area contributed by atoms with Gasteiger partial charge >= 0.3 is 31.4 Å². The summed E-state index contributed by atoms with van der Waals surface area (Å²) in [6.45, 7) is 9.83. The molecule has 14 nitrogen and oxygen atoms in total. The van der Waals surface area contributed by atoms with E-state index in [2.05, 4.69) is 46.1 Å². The minimum Gasteiger partial charge on any atom is -0.459 e. The Morgan fingerprint density at radius 2 is 1.12 bits per heavy atom. The topological polar surface area (TPSA) is 180 Å². The van der Waals surface area contributed by atoms with Crippen LogP contribution in [0.2, 0.25) is 0 Å². The van der Waals surface area contributed by atoms with Gasteiger partial charge in [-0.1, -0.05) is 0 Å². The van der Waals surface area contributed by atoms with Gasteiger partial charge in [0.25, 0.3) is 0 Å². The van der Waals surface area contributed by atoms with E-state index in [9.17, 15) is 44.7 Å². The number of hydrogen-bond donors (Lipinski definition) is 2. The van der Waals surface area contributed by atoms with Crippen LogP contribution in [0.3, 0.4) is 0 Å². The third kappa shape index (κ3) is 15.8. The first kappa shape index (κ1) is 52.0. The van der Waals surface area contributed by atoms with E-state index < -0.39 is 60.3 Å². The molecule has 66 heavy (non-hydrogen) atoms. The minimum absolute atomic E-state index is 0.0272. The lowest BCUT2D eigenvalue weighted by Gasteiger charge is -2.11. The predicted octanol–water partition coefficient (Wildman–Crippen LogP) is 8.07. The number of aryl methyl sites for hydroxylation is 2. The molecule has 24 heteroatoms. The lowest BCUT2D eigenvalue weighted by molar-refractivity contribution is -0.142. The van der Waals surface area contributed by atoms with Gasteiger partial charge in [0.05, 0.1) is 47.5 Å². The van der Waals surface area contributed by atoms with Crippen molar-refractivity contribution in [2.24, 2.45) is 0 Å². The normalized spacial score (nSPS) is 12.0. The van der Waals surface area contributed by atoms with Crippen LogP contribution in [0.25, 0.3) is 40.7 Å². The second-order valence-electron chi connectivity index (χ2n) is 14.4. The smallest absolute Gasteiger partial charge is 0.459 e. The monoisotopic (exact) mass is 992 g/mol. The molecule has 2 aromatic carbocycles. The number of pyridine rings is 2. The molecule has 0 atom stereocenters. The highest BCUT2D eigenvalue weighted by atomic mass is 79.9. The van der Waals surface area contributed by atoms with Gasteiger partial charge in [-0.3, -0.25) is 9.97 Å². The molecule has 0 saturated carbocycles. The lowest BCUT2D eigenvalue weighted by atomic mass is 9.82. The quantitative estimate of drug-likeness (QED) is 0.0584. The highest BCUT2D eigenvalue weighted by molar-refractivity contribution is 9.12. The molecule has 0 amide bonds. The van der Waals surface area contributed by atoms with Crippen molar-refractivity contribution in [3.05, 3.63) is 130 Å². The van der Waals surface area contributed by atoms with Crippen molar-refractivity contribution >= 4 is 58.4 Å². The summed E-state index contributed by atoms with van der Waals surface area (Å²) in [5.41, 5.74) is -0.187. The fraction of sp³-hybridized carbons (Fsp3) is 0.238. The molecule has 0 unspecified atom stereocenters. The van der Waals surface area contributed by atoms with E-state index in [1.54, 1.807) is 40.7 Å². The standard InChI is InChI=1S/C21H18F4N4O2.C16H15BrF3N3O2.C5H5BFNO2/c1-12(2)31-20(30)18(15-7-17(22)9-26-8-15)10-29-11-27-19(28-29)14-4-13(3)5-16(6-14)21(23,24)25;1-9(2)25-15(24)13(17)7-23-8-21-14(22-23)11-4-10(3)5-12(6-11)16(18,19)20;7-5-1-4(6(9)10)2-8-3-5/h4-12H,1-3H3;4-9H,1-3H3;1-3,9-10H/b18-10+;13-7-;. The van der Waals surface area contributed by atoms with Crippen LogP contribution in [-0.4, -0.2) is 80.8 Å². The number of esters is 2. The van der Waals surface area contributed by atoms with Crippen molar-refractivity contribution in [1.82, 2.24) is 39.5 Å². The molecule has 6 aromatic rings. The van der Waals surface area contributed by atoms with Crippen LogP contribution in [0, 0.1) is 25.5 Å². The van der Waals surface area contributed by atoms with E-state index in [4.69, 9.17) is 19.5 Å². The molecule has 0 aliphatic carbocycles. The molecule has 6 rings (SSSR count). The molecule has 0 spiro atoms. The molecule has 2 N–H and O–H groups in total. The lowest BCUT2D eigenvalue weighted by Crippen LogP contribution is -2.30. The van der Waals surface area contributed by atoms with Crippen LogP contribution in [0.4, 0.5) is 35.1 Å². The minimum atomic E-state index is -4.51. The second-order valence-corrected chi connectivity index (χ2v) is 15.3. The highest BCUT2D eigenvalue weighted by Crippen LogP contribution is 2.34. The average Bonchev–Trinajstić information content (AvgIpc) is 3.89. The van der Waals surface area contributed by atoms with E-state index in [1.807, 2.05) is 0 Å². The number of ether oxygens (including phenoxy) is 2. The van der Waals surface area contributed by atoms with E-state index in [0.717, 1.165) is 53.5 Å². The van der Waals surface area contributed by atoms with Crippen molar-refractivity contribution in [1.29, 1.82) is 0 Å². The van der Waals surface area contributed by atoms with Crippen LogP contribution in [0.1, 0.15) is 55.5 Å². The zero-order valence-corrected chi connectivity index (χ0v) is 37.1. The van der Waals surface area contributed by atoms with E-state index in [-0.39, 0.29) is 50.0 Å². The summed E-state index contributed by atoms with van der Waals surface area (Å²) in [6, 6.07) is 9.20. The first-order chi connectivity index (χ1) is 30.8. The number of alkyl halides is 6. The number of carbonyl (C=O) groups is 2. The summed E-state index contributed by atoms with van der Waals surface area (Å²) in [7, 11) is -1.65. The SMILES string of the molecule is Cc1cc(-c2ncn(/C=C(/C(=O)OC(C)C)c3cncc(F)c3)n2)cc(C(F)(F)F)c1.Cc1cc(-c2ncn(/C=C(\Br)C(=O)OC(C)C)n2)cc(C(F)(F)F)c1.OB(O)c1cncc(F)c1. The molecule has 0 fully saturated rings. The summed E-state index contributed by atoms with van der Waals surface area (Å²) in [5.74, 6) is -2.41. The molecular formula is C42H38BBrF8N8O6. The van der Waals surface area contributed by atoms with Crippen LogP contribution >= 0.6 is 15.9 Å². The number of carbonyl (C=O) groups excluding carboxylic acids is 2. The highest BCUT2D eigenvalue weighted by Gasteiger charge is 2.32. The van der Waals surface area contributed by atoms with Gasteiger partial charge in [-0.2, -0.15) is 26.3 Å². The molecule has 348 valence electrons.